The van der Waals surface area contributed by atoms with Crippen LogP contribution in [0.1, 0.15) is 32.8 Å². The van der Waals surface area contributed by atoms with Crippen LogP contribution in [-0.4, -0.2) is 23.7 Å². The topological polar surface area (TPSA) is 40.5 Å². The highest BCUT2D eigenvalue weighted by Crippen LogP contribution is 2.22. The van der Waals surface area contributed by atoms with E-state index in [1.54, 1.807) is 0 Å². The van der Waals surface area contributed by atoms with Crippen LogP contribution in [0.2, 0.25) is 0 Å². The number of hydrogen-bond donors (Lipinski definition) is 1. The van der Waals surface area contributed by atoms with Crippen molar-refractivity contribution in [1.29, 1.82) is 0 Å². The minimum atomic E-state index is -0.786. The average Bonchev–Trinajstić information content (AvgIpc) is 2.35. The Bertz CT molecular complexity index is 386. The Morgan fingerprint density at radius 3 is 2.28 bits per heavy atom. The molecule has 0 aliphatic heterocycles. The second kappa shape index (κ2) is 6.43. The summed E-state index contributed by atoms with van der Waals surface area (Å²) in [6, 6.07) is 8.25. The smallest absolute Gasteiger partial charge is 0.323 e. The minimum Gasteiger partial charge on any atom is -0.480 e. The molecule has 1 rings (SSSR count). The zero-order valence-corrected chi connectivity index (χ0v) is 11.7. The van der Waals surface area contributed by atoms with Gasteiger partial charge in [0.15, 0.2) is 0 Å². The van der Waals surface area contributed by atoms with Crippen LogP contribution in [-0.2, 0) is 4.79 Å². The van der Waals surface area contributed by atoms with E-state index < -0.39 is 5.97 Å². The Hall–Kier alpha value is -1.51. The maximum atomic E-state index is 11.0. The van der Waals surface area contributed by atoms with Crippen LogP contribution >= 0.6 is 0 Å². The Morgan fingerprint density at radius 2 is 1.83 bits per heavy atom. The van der Waals surface area contributed by atoms with Crippen molar-refractivity contribution in [2.75, 3.05) is 11.4 Å². The zero-order chi connectivity index (χ0) is 13.7. The van der Waals surface area contributed by atoms with Crippen molar-refractivity contribution in [3.05, 3.63) is 29.8 Å². The van der Waals surface area contributed by atoms with Gasteiger partial charge in [-0.25, -0.2) is 0 Å². The quantitative estimate of drug-likeness (QED) is 0.840. The number of anilines is 1. The molecule has 0 radical (unpaired) electrons. The summed E-state index contributed by atoms with van der Waals surface area (Å²) in [5.41, 5.74) is 2.17. The van der Waals surface area contributed by atoms with Crippen LogP contribution in [0.3, 0.4) is 0 Å². The Labute approximate surface area is 109 Å². The highest BCUT2D eigenvalue weighted by Gasteiger charge is 2.21. The molecule has 1 aromatic rings. The van der Waals surface area contributed by atoms with Gasteiger partial charge in [-0.2, -0.15) is 0 Å². The van der Waals surface area contributed by atoms with Gasteiger partial charge in [0.25, 0.3) is 0 Å². The SMILES string of the molecule is CCC(C)C(C)N(CC(=O)O)c1ccc(C)cc1. The molecule has 0 amide bonds. The Kier molecular flexibility index (Phi) is 5.20. The van der Waals surface area contributed by atoms with E-state index >= 15 is 0 Å². The molecule has 0 bridgehead atoms. The highest BCUT2D eigenvalue weighted by molar-refractivity contribution is 5.74. The van der Waals surface area contributed by atoms with E-state index in [4.69, 9.17) is 5.11 Å². The molecule has 2 unspecified atom stereocenters. The molecule has 0 aromatic heterocycles. The van der Waals surface area contributed by atoms with Gasteiger partial charge in [0.1, 0.15) is 6.54 Å². The van der Waals surface area contributed by atoms with Crippen molar-refractivity contribution in [2.45, 2.75) is 40.2 Å². The molecule has 1 N–H and O–H groups in total. The first-order valence-electron chi connectivity index (χ1n) is 6.50. The number of aryl methyl sites for hydroxylation is 1. The summed E-state index contributed by atoms with van der Waals surface area (Å²) in [6.45, 7) is 8.47. The van der Waals surface area contributed by atoms with Crippen molar-refractivity contribution in [3.8, 4) is 0 Å². The molecule has 0 saturated heterocycles. The van der Waals surface area contributed by atoms with Crippen molar-refractivity contribution in [1.82, 2.24) is 0 Å². The number of nitrogens with zero attached hydrogens (tertiary/aromatic N) is 1. The predicted octanol–water partition coefficient (Wildman–Crippen LogP) is 3.32. The summed E-state index contributed by atoms with van der Waals surface area (Å²) < 4.78 is 0. The van der Waals surface area contributed by atoms with E-state index in [0.717, 1.165) is 12.1 Å². The third-order valence-electron chi connectivity index (χ3n) is 3.63. The molecule has 0 saturated carbocycles. The Morgan fingerprint density at radius 1 is 1.28 bits per heavy atom. The van der Waals surface area contributed by atoms with Gasteiger partial charge in [0, 0.05) is 11.7 Å². The van der Waals surface area contributed by atoms with Crippen molar-refractivity contribution < 1.29 is 9.90 Å². The van der Waals surface area contributed by atoms with Crippen LogP contribution in [0.25, 0.3) is 0 Å². The lowest BCUT2D eigenvalue weighted by Crippen LogP contribution is -2.41. The number of carbonyl (C=O) groups is 1. The van der Waals surface area contributed by atoms with Crippen LogP contribution < -0.4 is 4.90 Å². The number of carboxylic acids is 1. The third-order valence-corrected chi connectivity index (χ3v) is 3.63. The van der Waals surface area contributed by atoms with E-state index in [9.17, 15) is 4.79 Å². The van der Waals surface area contributed by atoms with Gasteiger partial charge in [0.2, 0.25) is 0 Å². The molecule has 2 atom stereocenters. The molecular weight excluding hydrogens is 226 g/mol. The van der Waals surface area contributed by atoms with E-state index in [1.165, 1.54) is 5.56 Å². The average molecular weight is 249 g/mol. The van der Waals surface area contributed by atoms with E-state index in [2.05, 4.69) is 20.8 Å². The number of hydrogen-bond acceptors (Lipinski definition) is 2. The lowest BCUT2D eigenvalue weighted by Gasteiger charge is -2.33. The summed E-state index contributed by atoms with van der Waals surface area (Å²) in [5, 5.41) is 9.06. The molecular formula is C15H23NO2. The maximum Gasteiger partial charge on any atom is 0.323 e. The monoisotopic (exact) mass is 249 g/mol. The normalized spacial score (nSPS) is 14.0. The second-order valence-electron chi connectivity index (χ2n) is 4.98. The van der Waals surface area contributed by atoms with Gasteiger partial charge in [-0.15, -0.1) is 0 Å². The first kappa shape index (κ1) is 14.6. The summed E-state index contributed by atoms with van der Waals surface area (Å²) in [6.07, 6.45) is 1.04. The van der Waals surface area contributed by atoms with Crippen LogP contribution in [0.15, 0.2) is 24.3 Å². The van der Waals surface area contributed by atoms with Gasteiger partial charge < -0.3 is 10.0 Å². The van der Waals surface area contributed by atoms with Crippen LogP contribution in [0.4, 0.5) is 5.69 Å². The molecule has 0 aliphatic rings. The standard InChI is InChI=1S/C15H23NO2/c1-5-12(3)13(4)16(10-15(17)18)14-8-6-11(2)7-9-14/h6-9,12-13H,5,10H2,1-4H3,(H,17,18). The van der Waals surface area contributed by atoms with Crippen molar-refractivity contribution in [3.63, 3.8) is 0 Å². The molecule has 1 aromatic carbocycles. The lowest BCUT2D eigenvalue weighted by atomic mass is 9.98. The third kappa shape index (κ3) is 3.76. The summed E-state index contributed by atoms with van der Waals surface area (Å²) in [4.78, 5) is 13.0. The summed E-state index contributed by atoms with van der Waals surface area (Å²) in [7, 11) is 0. The van der Waals surface area contributed by atoms with E-state index in [0.29, 0.717) is 5.92 Å². The fraction of sp³-hybridized carbons (Fsp3) is 0.533. The van der Waals surface area contributed by atoms with Gasteiger partial charge in [0.05, 0.1) is 0 Å². The van der Waals surface area contributed by atoms with Gasteiger partial charge in [-0.1, -0.05) is 38.0 Å². The lowest BCUT2D eigenvalue weighted by molar-refractivity contribution is -0.135. The second-order valence-corrected chi connectivity index (χ2v) is 4.98. The first-order valence-corrected chi connectivity index (χ1v) is 6.50. The van der Waals surface area contributed by atoms with E-state index in [1.807, 2.05) is 36.1 Å². The van der Waals surface area contributed by atoms with Crippen molar-refractivity contribution in [2.24, 2.45) is 5.92 Å². The molecule has 0 fully saturated rings. The summed E-state index contributed by atoms with van der Waals surface area (Å²) in [5.74, 6) is -0.323. The Balaban J connectivity index is 2.97. The first-order chi connectivity index (χ1) is 8.45. The molecule has 3 nitrogen and oxygen atoms in total. The fourth-order valence-electron chi connectivity index (χ4n) is 2.00. The maximum absolute atomic E-state index is 11.0. The number of aliphatic carboxylic acids is 1. The highest BCUT2D eigenvalue weighted by atomic mass is 16.4. The molecule has 18 heavy (non-hydrogen) atoms. The molecule has 0 spiro atoms. The number of benzene rings is 1. The van der Waals surface area contributed by atoms with Crippen molar-refractivity contribution >= 4 is 11.7 Å². The van der Waals surface area contributed by atoms with E-state index in [-0.39, 0.29) is 12.6 Å². The van der Waals surface area contributed by atoms with Gasteiger partial charge >= 0.3 is 5.97 Å². The largest absolute Gasteiger partial charge is 0.480 e. The van der Waals surface area contributed by atoms with Crippen LogP contribution in [0, 0.1) is 12.8 Å². The van der Waals surface area contributed by atoms with Gasteiger partial charge in [-0.3, -0.25) is 4.79 Å². The van der Waals surface area contributed by atoms with Gasteiger partial charge in [-0.05, 0) is 31.9 Å². The predicted molar refractivity (Wildman–Crippen MR) is 75.1 cm³/mol. The molecule has 0 heterocycles. The fourth-order valence-corrected chi connectivity index (χ4v) is 2.00. The molecule has 0 aliphatic carbocycles. The van der Waals surface area contributed by atoms with Crippen LogP contribution in [0.5, 0.6) is 0 Å². The number of rotatable bonds is 6. The summed E-state index contributed by atoms with van der Waals surface area (Å²) >= 11 is 0. The number of carboxylic acid groups (broad SMARTS) is 1. The molecule has 3 heteroatoms. The zero-order valence-electron chi connectivity index (χ0n) is 11.7. The minimum absolute atomic E-state index is 0.0502. The molecule has 100 valence electrons.